The van der Waals surface area contributed by atoms with Crippen molar-refractivity contribution in [2.24, 2.45) is 5.41 Å². The molecule has 0 bridgehead atoms. The molecule has 1 atom stereocenters. The Morgan fingerprint density at radius 1 is 0.875 bits per heavy atom. The van der Waals surface area contributed by atoms with Gasteiger partial charge in [0.1, 0.15) is 23.9 Å². The molecule has 2 aliphatic carbocycles. The predicted molar refractivity (Wildman–Crippen MR) is 122 cm³/mol. The SMILES string of the molecule is CC1(C)CC(=O)C2=C(C1)OC1=C(C(=O)CCC1)C2c1ccc(OCc2ccccc2)cc1. The molecule has 0 N–H and O–H groups in total. The molecule has 2 aromatic rings. The van der Waals surface area contributed by atoms with E-state index in [0.29, 0.717) is 37.0 Å². The first kappa shape index (κ1) is 20.7. The molecule has 0 amide bonds. The Bertz CT molecular complexity index is 1120. The van der Waals surface area contributed by atoms with E-state index in [1.54, 1.807) is 0 Å². The fraction of sp³-hybridized carbons (Fsp3) is 0.357. The number of hydrogen-bond acceptors (Lipinski definition) is 4. The quantitative estimate of drug-likeness (QED) is 0.597. The molecule has 0 radical (unpaired) electrons. The van der Waals surface area contributed by atoms with E-state index in [1.165, 1.54) is 0 Å². The summed E-state index contributed by atoms with van der Waals surface area (Å²) in [4.78, 5) is 26.2. The first-order chi connectivity index (χ1) is 15.4. The summed E-state index contributed by atoms with van der Waals surface area (Å²) in [7, 11) is 0. The molecule has 0 spiro atoms. The Balaban J connectivity index is 1.48. The Morgan fingerprint density at radius 2 is 1.59 bits per heavy atom. The van der Waals surface area contributed by atoms with E-state index in [1.807, 2.05) is 54.6 Å². The van der Waals surface area contributed by atoms with Gasteiger partial charge in [0, 0.05) is 42.7 Å². The minimum atomic E-state index is -0.340. The maximum absolute atomic E-state index is 13.2. The summed E-state index contributed by atoms with van der Waals surface area (Å²) in [5.74, 6) is 2.14. The average molecular weight is 429 g/mol. The molecular formula is C28H28O4. The second-order valence-electron chi connectivity index (χ2n) is 9.77. The monoisotopic (exact) mass is 428 g/mol. The van der Waals surface area contributed by atoms with E-state index in [-0.39, 0.29) is 22.9 Å². The second kappa shape index (κ2) is 8.09. The summed E-state index contributed by atoms with van der Waals surface area (Å²) in [6, 6.07) is 17.9. The van der Waals surface area contributed by atoms with Crippen LogP contribution in [0, 0.1) is 5.41 Å². The summed E-state index contributed by atoms with van der Waals surface area (Å²) in [6.07, 6.45) is 3.26. The normalized spacial score (nSPS) is 22.2. The molecule has 2 aromatic carbocycles. The van der Waals surface area contributed by atoms with Crippen LogP contribution in [0.5, 0.6) is 5.75 Å². The van der Waals surface area contributed by atoms with Gasteiger partial charge < -0.3 is 9.47 Å². The molecule has 1 heterocycles. The third kappa shape index (κ3) is 3.90. The van der Waals surface area contributed by atoms with Crippen LogP contribution in [0.15, 0.2) is 77.3 Å². The highest BCUT2D eigenvalue weighted by Gasteiger charge is 2.45. The Morgan fingerprint density at radius 3 is 2.34 bits per heavy atom. The Kier molecular flexibility index (Phi) is 5.24. The van der Waals surface area contributed by atoms with Gasteiger partial charge in [-0.2, -0.15) is 0 Å². The fourth-order valence-electron chi connectivity index (χ4n) is 5.08. The fourth-order valence-corrected chi connectivity index (χ4v) is 5.08. The first-order valence-corrected chi connectivity index (χ1v) is 11.4. The van der Waals surface area contributed by atoms with Crippen molar-refractivity contribution in [2.75, 3.05) is 0 Å². The topological polar surface area (TPSA) is 52.6 Å². The van der Waals surface area contributed by atoms with Crippen molar-refractivity contribution in [3.8, 4) is 5.75 Å². The Labute approximate surface area is 188 Å². The number of carbonyl (C=O) groups is 2. The molecule has 0 saturated carbocycles. The van der Waals surface area contributed by atoms with Crippen LogP contribution in [0.3, 0.4) is 0 Å². The largest absolute Gasteiger partial charge is 0.489 e. The molecule has 0 fully saturated rings. The van der Waals surface area contributed by atoms with Gasteiger partial charge in [-0.25, -0.2) is 0 Å². The lowest BCUT2D eigenvalue weighted by molar-refractivity contribution is -0.119. The molecule has 5 rings (SSSR count). The van der Waals surface area contributed by atoms with E-state index in [2.05, 4.69) is 13.8 Å². The van der Waals surface area contributed by atoms with Gasteiger partial charge in [0.05, 0.1) is 0 Å². The third-order valence-electron chi connectivity index (χ3n) is 6.57. The number of ether oxygens (including phenoxy) is 2. The van der Waals surface area contributed by atoms with Gasteiger partial charge in [0.25, 0.3) is 0 Å². The molecule has 0 saturated heterocycles. The van der Waals surface area contributed by atoms with Crippen molar-refractivity contribution in [1.82, 2.24) is 0 Å². The second-order valence-corrected chi connectivity index (χ2v) is 9.77. The molecule has 0 aromatic heterocycles. The highest BCUT2D eigenvalue weighted by molar-refractivity contribution is 6.06. The van der Waals surface area contributed by atoms with Crippen molar-refractivity contribution in [1.29, 1.82) is 0 Å². The van der Waals surface area contributed by atoms with Gasteiger partial charge in [-0.1, -0.05) is 56.3 Å². The van der Waals surface area contributed by atoms with Gasteiger partial charge in [0.2, 0.25) is 0 Å². The number of rotatable bonds is 4. The van der Waals surface area contributed by atoms with Gasteiger partial charge in [0.15, 0.2) is 11.6 Å². The van der Waals surface area contributed by atoms with E-state index >= 15 is 0 Å². The average Bonchev–Trinajstić information content (AvgIpc) is 2.77. The van der Waals surface area contributed by atoms with Gasteiger partial charge >= 0.3 is 0 Å². The van der Waals surface area contributed by atoms with Crippen LogP contribution in [0.4, 0.5) is 0 Å². The lowest BCUT2D eigenvalue weighted by atomic mass is 9.68. The van der Waals surface area contributed by atoms with Crippen LogP contribution in [0.2, 0.25) is 0 Å². The molecular weight excluding hydrogens is 400 g/mol. The van der Waals surface area contributed by atoms with Crippen LogP contribution in [0.25, 0.3) is 0 Å². The highest BCUT2D eigenvalue weighted by atomic mass is 16.5. The maximum Gasteiger partial charge on any atom is 0.163 e. The minimum absolute atomic E-state index is 0.0931. The zero-order chi connectivity index (χ0) is 22.3. The van der Waals surface area contributed by atoms with Gasteiger partial charge in [-0.15, -0.1) is 0 Å². The van der Waals surface area contributed by atoms with E-state index < -0.39 is 0 Å². The smallest absolute Gasteiger partial charge is 0.163 e. The van der Waals surface area contributed by atoms with Crippen molar-refractivity contribution >= 4 is 11.6 Å². The molecule has 4 heteroatoms. The number of hydrogen-bond donors (Lipinski definition) is 0. The van der Waals surface area contributed by atoms with Crippen LogP contribution >= 0.6 is 0 Å². The van der Waals surface area contributed by atoms with Crippen LogP contribution in [0.1, 0.15) is 63.0 Å². The van der Waals surface area contributed by atoms with Crippen LogP contribution < -0.4 is 4.74 Å². The number of carbonyl (C=O) groups excluding carboxylic acids is 2. The van der Waals surface area contributed by atoms with Crippen LogP contribution in [-0.2, 0) is 20.9 Å². The number of ketones is 2. The Hall–Kier alpha value is -3.14. The van der Waals surface area contributed by atoms with Crippen LogP contribution in [-0.4, -0.2) is 11.6 Å². The highest BCUT2D eigenvalue weighted by Crippen LogP contribution is 2.51. The van der Waals surface area contributed by atoms with E-state index in [0.717, 1.165) is 41.2 Å². The standard InChI is InChI=1S/C28H28O4/c1-28(2)15-22(30)27-24(16-28)32-23-10-6-9-21(29)26(23)25(27)19-11-13-20(14-12-19)31-17-18-7-4-3-5-8-18/h3-5,7-8,11-14,25H,6,9-10,15-17H2,1-2H3. The maximum atomic E-state index is 13.2. The summed E-state index contributed by atoms with van der Waals surface area (Å²) in [6.45, 7) is 4.69. The molecule has 32 heavy (non-hydrogen) atoms. The van der Waals surface area contributed by atoms with E-state index in [9.17, 15) is 9.59 Å². The lowest BCUT2D eigenvalue weighted by Gasteiger charge is -2.40. The predicted octanol–water partition coefficient (Wildman–Crippen LogP) is 6.03. The van der Waals surface area contributed by atoms with Crippen molar-refractivity contribution in [3.63, 3.8) is 0 Å². The number of Topliss-reactive ketones (excluding diaryl/α,β-unsaturated/α-hetero) is 2. The first-order valence-electron chi connectivity index (χ1n) is 11.4. The molecule has 1 unspecified atom stereocenters. The molecule has 164 valence electrons. The van der Waals surface area contributed by atoms with Crippen molar-refractivity contribution in [2.45, 2.75) is 58.5 Å². The van der Waals surface area contributed by atoms with Gasteiger partial charge in [-0.05, 0) is 35.1 Å². The summed E-state index contributed by atoms with van der Waals surface area (Å²) >= 11 is 0. The number of benzene rings is 2. The van der Waals surface area contributed by atoms with E-state index in [4.69, 9.17) is 9.47 Å². The van der Waals surface area contributed by atoms with Gasteiger partial charge in [-0.3, -0.25) is 9.59 Å². The number of allylic oxidation sites excluding steroid dienone is 4. The summed E-state index contributed by atoms with van der Waals surface area (Å²) in [5, 5.41) is 0. The lowest BCUT2D eigenvalue weighted by Crippen LogP contribution is -2.34. The summed E-state index contributed by atoms with van der Waals surface area (Å²) < 4.78 is 12.2. The van der Waals surface area contributed by atoms with Crippen molar-refractivity contribution in [3.05, 3.63) is 88.4 Å². The third-order valence-corrected chi connectivity index (χ3v) is 6.57. The van der Waals surface area contributed by atoms with Crippen molar-refractivity contribution < 1.29 is 19.1 Å². The molecule has 1 aliphatic heterocycles. The minimum Gasteiger partial charge on any atom is -0.489 e. The zero-order valence-electron chi connectivity index (χ0n) is 18.6. The molecule has 3 aliphatic rings. The summed E-state index contributed by atoms with van der Waals surface area (Å²) in [5.41, 5.74) is 3.28. The molecule has 4 nitrogen and oxygen atoms in total. The zero-order valence-corrected chi connectivity index (χ0v) is 18.6.